The Morgan fingerprint density at radius 3 is 2.75 bits per heavy atom. The largest absolute Gasteiger partial charge is 0.381 e. The Labute approximate surface area is 194 Å². The number of aromatic nitrogens is 2. The summed E-state index contributed by atoms with van der Waals surface area (Å²) in [5.41, 5.74) is 6.57. The Bertz CT molecular complexity index is 1210. The lowest BCUT2D eigenvalue weighted by molar-refractivity contribution is 0.113. The number of likely N-dealkylation sites (tertiary alicyclic amines) is 1. The lowest BCUT2D eigenvalue weighted by atomic mass is 9.88. The van der Waals surface area contributed by atoms with Gasteiger partial charge in [0, 0.05) is 61.9 Å². The molecule has 6 heteroatoms. The van der Waals surface area contributed by atoms with Crippen molar-refractivity contribution in [2.24, 2.45) is 13.0 Å². The van der Waals surface area contributed by atoms with Gasteiger partial charge in [0.25, 0.3) is 5.56 Å². The summed E-state index contributed by atoms with van der Waals surface area (Å²) in [6, 6.07) is 6.87. The van der Waals surface area contributed by atoms with Crippen LogP contribution in [0.25, 0.3) is 22.2 Å². The Morgan fingerprint density at radius 1 is 1.28 bits per heavy atom. The first-order valence-electron chi connectivity index (χ1n) is 11.6. The van der Waals surface area contributed by atoms with Crippen molar-refractivity contribution in [1.82, 2.24) is 14.5 Å². The smallest absolute Gasteiger partial charge is 0.269 e. The third-order valence-corrected chi connectivity index (χ3v) is 7.69. The molecule has 0 aliphatic carbocycles. The summed E-state index contributed by atoms with van der Waals surface area (Å²) < 4.78 is 7.11. The number of fused-ring (bicyclic) bond motifs is 1. The molecule has 170 valence electrons. The minimum Gasteiger partial charge on any atom is -0.381 e. The van der Waals surface area contributed by atoms with Crippen LogP contribution >= 0.6 is 11.6 Å². The zero-order chi connectivity index (χ0) is 22.6. The number of pyridine rings is 1. The van der Waals surface area contributed by atoms with Gasteiger partial charge in [0.2, 0.25) is 0 Å². The lowest BCUT2D eigenvalue weighted by Crippen LogP contribution is -2.47. The first kappa shape index (κ1) is 21.7. The number of ether oxygens (including phenoxy) is 1. The van der Waals surface area contributed by atoms with E-state index in [4.69, 9.17) is 16.3 Å². The predicted octanol–water partition coefficient (Wildman–Crippen LogP) is 5.05. The molecular weight excluding hydrogens is 422 g/mol. The third kappa shape index (κ3) is 3.70. The van der Waals surface area contributed by atoms with Gasteiger partial charge in [0.15, 0.2) is 0 Å². The van der Waals surface area contributed by atoms with Crippen LogP contribution in [0.2, 0.25) is 5.02 Å². The van der Waals surface area contributed by atoms with Crippen molar-refractivity contribution in [2.75, 3.05) is 32.8 Å². The highest BCUT2D eigenvalue weighted by Crippen LogP contribution is 2.39. The number of aryl methyl sites for hydroxylation is 1. The second-order valence-electron chi connectivity index (χ2n) is 9.92. The molecule has 2 aliphatic rings. The highest BCUT2D eigenvalue weighted by Gasteiger charge is 2.31. The fraction of sp³-hybridized carbons (Fsp3) is 0.500. The van der Waals surface area contributed by atoms with Crippen LogP contribution in [0.5, 0.6) is 0 Å². The summed E-state index contributed by atoms with van der Waals surface area (Å²) in [6.07, 6.45) is 3.10. The quantitative estimate of drug-likeness (QED) is 0.587. The van der Waals surface area contributed by atoms with E-state index in [0.29, 0.717) is 22.8 Å². The monoisotopic (exact) mass is 453 g/mol. The number of hydrogen-bond donors (Lipinski definition) is 1. The maximum absolute atomic E-state index is 12.3. The van der Waals surface area contributed by atoms with Crippen LogP contribution in [0.4, 0.5) is 0 Å². The number of halogens is 1. The summed E-state index contributed by atoms with van der Waals surface area (Å²) in [5.74, 6) is 1.63. The minimum atomic E-state index is -0.156. The van der Waals surface area contributed by atoms with Crippen LogP contribution in [-0.4, -0.2) is 47.3 Å². The maximum atomic E-state index is 12.3. The van der Waals surface area contributed by atoms with E-state index < -0.39 is 0 Å². The van der Waals surface area contributed by atoms with Crippen molar-refractivity contribution >= 4 is 22.5 Å². The summed E-state index contributed by atoms with van der Waals surface area (Å²) in [6.45, 7) is 11.7. The van der Waals surface area contributed by atoms with Gasteiger partial charge in [-0.2, -0.15) is 0 Å². The van der Waals surface area contributed by atoms with Gasteiger partial charge in [-0.3, -0.25) is 4.79 Å². The molecule has 2 aromatic heterocycles. The fourth-order valence-electron chi connectivity index (χ4n) is 5.35. The molecule has 0 bridgehead atoms. The minimum absolute atomic E-state index is 0.156. The zero-order valence-electron chi connectivity index (χ0n) is 19.4. The molecule has 0 amide bonds. The molecule has 5 nitrogen and oxygen atoms in total. The predicted molar refractivity (Wildman–Crippen MR) is 131 cm³/mol. The zero-order valence-corrected chi connectivity index (χ0v) is 20.1. The Hall–Kier alpha value is -2.08. The van der Waals surface area contributed by atoms with E-state index in [1.807, 2.05) is 13.1 Å². The standard InChI is InChI=1S/C26H32ClN3O2/c1-15(2)23-20-9-18(19-11-30(12-19)10-17-7-8-32-14-17)5-6-22(20)28-25(23)21-13-29(4)26(31)24(27)16(21)3/h5-6,9,13,15,17,19,28H,7-8,10-12,14H2,1-4H3. The Kier molecular flexibility index (Phi) is 5.68. The molecule has 1 aromatic carbocycles. The van der Waals surface area contributed by atoms with Crippen LogP contribution in [0.3, 0.4) is 0 Å². The number of rotatable bonds is 5. The molecule has 5 rings (SSSR count). The number of nitrogens with zero attached hydrogens (tertiary/aromatic N) is 2. The van der Waals surface area contributed by atoms with E-state index in [2.05, 4.69) is 41.9 Å². The first-order chi connectivity index (χ1) is 15.3. The second-order valence-corrected chi connectivity index (χ2v) is 10.3. The maximum Gasteiger partial charge on any atom is 0.269 e. The SMILES string of the molecule is Cc1c(-c2[nH]c3ccc(C4CN(CC5CCOC5)C4)cc3c2C(C)C)cn(C)c(=O)c1Cl. The number of hydrogen-bond acceptors (Lipinski definition) is 3. The average molecular weight is 454 g/mol. The van der Waals surface area contributed by atoms with E-state index in [9.17, 15) is 4.79 Å². The van der Waals surface area contributed by atoms with Gasteiger partial charge in [-0.25, -0.2) is 0 Å². The summed E-state index contributed by atoms with van der Waals surface area (Å²) in [5, 5.41) is 1.57. The van der Waals surface area contributed by atoms with E-state index in [1.165, 1.54) is 22.9 Å². The summed E-state index contributed by atoms with van der Waals surface area (Å²) >= 11 is 6.38. The number of H-pyrrole nitrogens is 1. The van der Waals surface area contributed by atoms with Crippen molar-refractivity contribution in [3.8, 4) is 11.3 Å². The van der Waals surface area contributed by atoms with Crippen LogP contribution in [0.15, 0.2) is 29.2 Å². The molecular formula is C26H32ClN3O2. The molecule has 0 saturated carbocycles. The first-order valence-corrected chi connectivity index (χ1v) is 12.0. The summed E-state index contributed by atoms with van der Waals surface area (Å²) in [4.78, 5) is 18.5. The van der Waals surface area contributed by atoms with Gasteiger partial charge in [0.05, 0.1) is 12.3 Å². The molecule has 32 heavy (non-hydrogen) atoms. The van der Waals surface area contributed by atoms with E-state index >= 15 is 0 Å². The molecule has 1 unspecified atom stereocenters. The van der Waals surface area contributed by atoms with Crippen LogP contribution in [-0.2, 0) is 11.8 Å². The molecule has 1 atom stereocenters. The van der Waals surface area contributed by atoms with Gasteiger partial charge >= 0.3 is 0 Å². The van der Waals surface area contributed by atoms with Crippen molar-refractivity contribution in [3.05, 3.63) is 56.5 Å². The second kappa shape index (κ2) is 8.36. The van der Waals surface area contributed by atoms with Crippen LogP contribution < -0.4 is 5.56 Å². The molecule has 4 heterocycles. The number of nitrogens with one attached hydrogen (secondary N) is 1. The molecule has 3 aromatic rings. The molecule has 0 radical (unpaired) electrons. The van der Waals surface area contributed by atoms with Crippen molar-refractivity contribution in [2.45, 2.75) is 39.0 Å². The van der Waals surface area contributed by atoms with E-state index in [1.54, 1.807) is 11.6 Å². The van der Waals surface area contributed by atoms with Gasteiger partial charge in [-0.1, -0.05) is 31.5 Å². The van der Waals surface area contributed by atoms with Gasteiger partial charge in [0.1, 0.15) is 5.02 Å². The Morgan fingerprint density at radius 2 is 2.06 bits per heavy atom. The van der Waals surface area contributed by atoms with E-state index in [-0.39, 0.29) is 5.56 Å². The molecule has 1 N–H and O–H groups in total. The van der Waals surface area contributed by atoms with Crippen LogP contribution in [0.1, 0.15) is 48.8 Å². The van der Waals surface area contributed by atoms with Crippen molar-refractivity contribution in [3.63, 3.8) is 0 Å². The molecule has 2 saturated heterocycles. The molecule has 2 aliphatic heterocycles. The average Bonchev–Trinajstić information content (AvgIpc) is 3.38. The number of aromatic amines is 1. The van der Waals surface area contributed by atoms with Gasteiger partial charge in [-0.05, 0) is 54.0 Å². The Balaban J connectivity index is 1.48. The van der Waals surface area contributed by atoms with E-state index in [0.717, 1.165) is 55.2 Å². The van der Waals surface area contributed by atoms with Gasteiger partial charge < -0.3 is 19.2 Å². The highest BCUT2D eigenvalue weighted by atomic mass is 35.5. The molecule has 0 spiro atoms. The fourth-order valence-corrected chi connectivity index (χ4v) is 5.59. The van der Waals surface area contributed by atoms with Crippen LogP contribution in [0, 0.1) is 12.8 Å². The lowest BCUT2D eigenvalue weighted by Gasteiger charge is -2.41. The molecule has 2 fully saturated rings. The van der Waals surface area contributed by atoms with Gasteiger partial charge in [-0.15, -0.1) is 0 Å². The van der Waals surface area contributed by atoms with Crippen molar-refractivity contribution in [1.29, 1.82) is 0 Å². The topological polar surface area (TPSA) is 50.3 Å². The van der Waals surface area contributed by atoms with Crippen molar-refractivity contribution < 1.29 is 4.74 Å². The third-order valence-electron chi connectivity index (χ3n) is 7.24. The summed E-state index contributed by atoms with van der Waals surface area (Å²) in [7, 11) is 1.76. The normalized spacial score (nSPS) is 19.9. The highest BCUT2D eigenvalue weighted by molar-refractivity contribution is 6.31. The number of benzene rings is 1.